The van der Waals surface area contributed by atoms with Crippen LogP contribution in [0.1, 0.15) is 38.2 Å². The first-order valence-electron chi connectivity index (χ1n) is 7.38. The SMILES string of the molecule is CCc1ccc(N)cc1S(=O)(=O)NCCCCCCSC. The number of nitrogens with one attached hydrogen (secondary N) is 1. The second-order valence-electron chi connectivity index (χ2n) is 5.03. The summed E-state index contributed by atoms with van der Waals surface area (Å²) in [6.07, 6.45) is 7.05. The lowest BCUT2D eigenvalue weighted by molar-refractivity contribution is 0.573. The van der Waals surface area contributed by atoms with Crippen LogP contribution in [0.15, 0.2) is 23.1 Å². The highest BCUT2D eigenvalue weighted by Crippen LogP contribution is 2.19. The number of benzene rings is 1. The van der Waals surface area contributed by atoms with E-state index in [0.717, 1.165) is 24.8 Å². The smallest absolute Gasteiger partial charge is 0.240 e. The third-order valence-corrected chi connectivity index (χ3v) is 5.57. The Labute approximate surface area is 132 Å². The van der Waals surface area contributed by atoms with E-state index in [0.29, 0.717) is 23.5 Å². The lowest BCUT2D eigenvalue weighted by Gasteiger charge is -2.11. The Hall–Kier alpha value is -0.720. The number of rotatable bonds is 10. The second kappa shape index (κ2) is 9.33. The summed E-state index contributed by atoms with van der Waals surface area (Å²) >= 11 is 1.85. The van der Waals surface area contributed by atoms with Gasteiger partial charge in [-0.2, -0.15) is 11.8 Å². The fraction of sp³-hybridized carbons (Fsp3) is 0.600. The van der Waals surface area contributed by atoms with Gasteiger partial charge in [0.05, 0.1) is 4.90 Å². The Morgan fingerprint density at radius 1 is 1.19 bits per heavy atom. The molecule has 0 saturated carbocycles. The summed E-state index contributed by atoms with van der Waals surface area (Å²) in [4.78, 5) is 0.312. The van der Waals surface area contributed by atoms with Crippen molar-refractivity contribution in [2.24, 2.45) is 0 Å². The molecular weight excluding hydrogens is 304 g/mol. The Bertz CT molecular complexity index is 530. The molecule has 0 aliphatic carbocycles. The number of hydrogen-bond donors (Lipinski definition) is 2. The van der Waals surface area contributed by atoms with E-state index in [1.165, 1.54) is 12.2 Å². The van der Waals surface area contributed by atoms with Crippen LogP contribution in [-0.2, 0) is 16.4 Å². The van der Waals surface area contributed by atoms with E-state index in [-0.39, 0.29) is 0 Å². The molecule has 1 rings (SSSR count). The number of aryl methyl sites for hydroxylation is 1. The van der Waals surface area contributed by atoms with Crippen LogP contribution in [-0.4, -0.2) is 27.0 Å². The molecule has 0 aromatic heterocycles. The molecule has 0 saturated heterocycles. The molecule has 0 aliphatic rings. The molecule has 0 fully saturated rings. The maximum atomic E-state index is 12.3. The normalized spacial score (nSPS) is 11.7. The molecule has 0 heterocycles. The second-order valence-corrected chi connectivity index (χ2v) is 7.75. The van der Waals surface area contributed by atoms with Gasteiger partial charge in [-0.25, -0.2) is 13.1 Å². The number of anilines is 1. The summed E-state index contributed by atoms with van der Waals surface area (Å²) in [7, 11) is -3.46. The van der Waals surface area contributed by atoms with Gasteiger partial charge in [0.1, 0.15) is 0 Å². The summed E-state index contributed by atoms with van der Waals surface area (Å²) in [6, 6.07) is 5.07. The Morgan fingerprint density at radius 3 is 2.57 bits per heavy atom. The molecule has 120 valence electrons. The van der Waals surface area contributed by atoms with Crippen LogP contribution in [0.2, 0.25) is 0 Å². The zero-order valence-electron chi connectivity index (χ0n) is 12.9. The molecule has 21 heavy (non-hydrogen) atoms. The number of nitrogen functional groups attached to an aromatic ring is 1. The van der Waals surface area contributed by atoms with E-state index < -0.39 is 10.0 Å². The zero-order valence-corrected chi connectivity index (χ0v) is 14.5. The van der Waals surface area contributed by atoms with Crippen molar-refractivity contribution in [3.8, 4) is 0 Å². The van der Waals surface area contributed by atoms with Crippen LogP contribution in [0.3, 0.4) is 0 Å². The molecule has 0 amide bonds. The number of thioether (sulfide) groups is 1. The number of sulfonamides is 1. The van der Waals surface area contributed by atoms with Crippen molar-refractivity contribution in [3.63, 3.8) is 0 Å². The lowest BCUT2D eigenvalue weighted by Crippen LogP contribution is -2.26. The minimum atomic E-state index is -3.46. The predicted molar refractivity (Wildman–Crippen MR) is 92.3 cm³/mol. The summed E-state index contributed by atoms with van der Waals surface area (Å²) < 4.78 is 27.3. The van der Waals surface area contributed by atoms with E-state index in [9.17, 15) is 8.42 Å². The van der Waals surface area contributed by atoms with Crippen molar-refractivity contribution < 1.29 is 8.42 Å². The quantitative estimate of drug-likeness (QED) is 0.511. The third kappa shape index (κ3) is 6.28. The van der Waals surface area contributed by atoms with Gasteiger partial charge in [-0.3, -0.25) is 0 Å². The fourth-order valence-corrected chi connectivity index (χ4v) is 4.03. The van der Waals surface area contributed by atoms with Crippen molar-refractivity contribution in [1.29, 1.82) is 0 Å². The zero-order chi connectivity index (χ0) is 15.7. The molecule has 0 radical (unpaired) electrons. The highest BCUT2D eigenvalue weighted by Gasteiger charge is 2.17. The van der Waals surface area contributed by atoms with Crippen LogP contribution in [0, 0.1) is 0 Å². The lowest BCUT2D eigenvalue weighted by atomic mass is 10.1. The van der Waals surface area contributed by atoms with Crippen LogP contribution < -0.4 is 10.5 Å². The average molecular weight is 331 g/mol. The summed E-state index contributed by atoms with van der Waals surface area (Å²) in [6.45, 7) is 2.43. The molecule has 3 N–H and O–H groups in total. The van der Waals surface area contributed by atoms with E-state index in [1.54, 1.807) is 18.2 Å². The molecule has 0 spiro atoms. The van der Waals surface area contributed by atoms with E-state index in [2.05, 4.69) is 11.0 Å². The Kier molecular flexibility index (Phi) is 8.14. The molecule has 0 unspecified atom stereocenters. The minimum absolute atomic E-state index is 0.312. The number of nitrogens with two attached hydrogens (primary N) is 1. The molecule has 0 aliphatic heterocycles. The molecule has 0 atom stereocenters. The summed E-state index contributed by atoms with van der Waals surface area (Å²) in [5.41, 5.74) is 6.99. The van der Waals surface area contributed by atoms with Crippen LogP contribution >= 0.6 is 11.8 Å². The van der Waals surface area contributed by atoms with Crippen molar-refractivity contribution in [3.05, 3.63) is 23.8 Å². The first-order chi connectivity index (χ1) is 10.0. The van der Waals surface area contributed by atoms with Crippen LogP contribution in [0.25, 0.3) is 0 Å². The highest BCUT2D eigenvalue weighted by atomic mass is 32.2. The number of unbranched alkanes of at least 4 members (excludes halogenated alkanes) is 3. The number of hydrogen-bond acceptors (Lipinski definition) is 4. The van der Waals surface area contributed by atoms with Gasteiger partial charge in [0.25, 0.3) is 0 Å². The van der Waals surface area contributed by atoms with E-state index in [1.807, 2.05) is 18.7 Å². The average Bonchev–Trinajstić information content (AvgIpc) is 2.46. The van der Waals surface area contributed by atoms with Gasteiger partial charge in [-0.15, -0.1) is 0 Å². The van der Waals surface area contributed by atoms with Crippen molar-refractivity contribution >= 4 is 27.5 Å². The molecular formula is C15H26N2O2S2. The molecule has 4 nitrogen and oxygen atoms in total. The van der Waals surface area contributed by atoms with Crippen molar-refractivity contribution in [2.75, 3.05) is 24.3 Å². The maximum Gasteiger partial charge on any atom is 0.240 e. The predicted octanol–water partition coefficient (Wildman–Crippen LogP) is 3.03. The maximum absolute atomic E-state index is 12.3. The third-order valence-electron chi connectivity index (χ3n) is 3.33. The first-order valence-corrected chi connectivity index (χ1v) is 10.3. The van der Waals surface area contributed by atoms with Gasteiger partial charge in [0.15, 0.2) is 0 Å². The van der Waals surface area contributed by atoms with Crippen molar-refractivity contribution in [1.82, 2.24) is 4.72 Å². The molecule has 0 bridgehead atoms. The summed E-state index contributed by atoms with van der Waals surface area (Å²) in [5, 5.41) is 0. The largest absolute Gasteiger partial charge is 0.399 e. The monoisotopic (exact) mass is 330 g/mol. The standard InChI is InChI=1S/C15H26N2O2S2/c1-3-13-8-9-14(16)12-15(13)21(18,19)17-10-6-4-5-7-11-20-2/h8-9,12,17H,3-7,10-11,16H2,1-2H3. The van der Waals surface area contributed by atoms with Gasteiger partial charge in [-0.1, -0.05) is 25.8 Å². The molecule has 6 heteroatoms. The van der Waals surface area contributed by atoms with Crippen molar-refractivity contribution in [2.45, 2.75) is 43.9 Å². The molecule has 1 aromatic carbocycles. The first kappa shape index (κ1) is 18.3. The fourth-order valence-electron chi connectivity index (χ4n) is 2.12. The van der Waals surface area contributed by atoms with Gasteiger partial charge < -0.3 is 5.73 Å². The highest BCUT2D eigenvalue weighted by molar-refractivity contribution is 7.98. The van der Waals surface area contributed by atoms with E-state index in [4.69, 9.17) is 5.73 Å². The minimum Gasteiger partial charge on any atom is -0.399 e. The van der Waals surface area contributed by atoms with E-state index >= 15 is 0 Å². The van der Waals surface area contributed by atoms with Crippen LogP contribution in [0.5, 0.6) is 0 Å². The van der Waals surface area contributed by atoms with Gasteiger partial charge >= 0.3 is 0 Å². The molecule has 1 aromatic rings. The van der Waals surface area contributed by atoms with Gasteiger partial charge in [0.2, 0.25) is 10.0 Å². The van der Waals surface area contributed by atoms with Gasteiger partial charge in [0, 0.05) is 12.2 Å². The Morgan fingerprint density at radius 2 is 1.90 bits per heavy atom. The van der Waals surface area contributed by atoms with Crippen LogP contribution in [0.4, 0.5) is 5.69 Å². The van der Waals surface area contributed by atoms with Gasteiger partial charge in [-0.05, 0) is 49.0 Å². The topological polar surface area (TPSA) is 72.2 Å². The Balaban J connectivity index is 2.52. The summed E-state index contributed by atoms with van der Waals surface area (Å²) in [5.74, 6) is 1.18.